The molecule has 0 unspecified atom stereocenters. The van der Waals surface area contributed by atoms with Crippen molar-refractivity contribution in [1.82, 2.24) is 9.29 Å². The van der Waals surface area contributed by atoms with E-state index in [2.05, 4.69) is 9.72 Å². The van der Waals surface area contributed by atoms with Crippen LogP contribution in [-0.4, -0.2) is 50.5 Å². The van der Waals surface area contributed by atoms with Gasteiger partial charge in [-0.1, -0.05) is 29.3 Å². The first-order valence-electron chi connectivity index (χ1n) is 7.89. The molecule has 2 aromatic rings. The molecule has 1 saturated heterocycles. The average Bonchev–Trinajstić information content (AvgIpc) is 2.64. The van der Waals surface area contributed by atoms with Gasteiger partial charge in [0.2, 0.25) is 10.0 Å². The van der Waals surface area contributed by atoms with Gasteiger partial charge < -0.3 is 9.64 Å². The van der Waals surface area contributed by atoms with Crippen molar-refractivity contribution in [3.05, 3.63) is 46.6 Å². The number of piperazine rings is 1. The van der Waals surface area contributed by atoms with Crippen molar-refractivity contribution < 1.29 is 21.9 Å². The number of halogens is 4. The smallest absolute Gasteiger partial charge is 0.387 e. The Morgan fingerprint density at radius 3 is 2.37 bits per heavy atom. The highest BCUT2D eigenvalue weighted by Crippen LogP contribution is 2.31. The van der Waals surface area contributed by atoms with E-state index in [1.165, 1.54) is 34.8 Å². The molecule has 3 rings (SSSR count). The molecule has 0 bridgehead atoms. The molecular weight excluding hydrogens is 423 g/mol. The van der Waals surface area contributed by atoms with Gasteiger partial charge in [-0.3, -0.25) is 0 Å². The molecule has 0 saturated carbocycles. The van der Waals surface area contributed by atoms with Crippen LogP contribution in [0.15, 0.2) is 41.4 Å². The quantitative estimate of drug-likeness (QED) is 0.715. The molecule has 6 nitrogen and oxygen atoms in total. The van der Waals surface area contributed by atoms with E-state index in [1.807, 2.05) is 4.90 Å². The Hall–Kier alpha value is -1.68. The van der Waals surface area contributed by atoms with Crippen LogP contribution in [0, 0.1) is 0 Å². The monoisotopic (exact) mass is 437 g/mol. The van der Waals surface area contributed by atoms with Crippen LogP contribution in [0.2, 0.25) is 10.0 Å². The number of hydrogen-bond donors (Lipinski definition) is 0. The van der Waals surface area contributed by atoms with Gasteiger partial charge in [0.25, 0.3) is 0 Å². The lowest BCUT2D eigenvalue weighted by molar-refractivity contribution is -0.0500. The summed E-state index contributed by atoms with van der Waals surface area (Å²) in [6.45, 7) is -1.69. The highest BCUT2D eigenvalue weighted by atomic mass is 35.5. The predicted octanol–water partition coefficient (Wildman–Crippen LogP) is 3.50. The van der Waals surface area contributed by atoms with E-state index in [1.54, 1.807) is 6.07 Å². The highest BCUT2D eigenvalue weighted by molar-refractivity contribution is 7.89. The Morgan fingerprint density at radius 2 is 1.78 bits per heavy atom. The van der Waals surface area contributed by atoms with Crippen molar-refractivity contribution in [3.8, 4) is 5.75 Å². The van der Waals surface area contributed by atoms with E-state index >= 15 is 0 Å². The molecule has 0 atom stereocenters. The number of sulfonamides is 1. The van der Waals surface area contributed by atoms with Crippen molar-refractivity contribution in [3.63, 3.8) is 0 Å². The molecule has 2 heterocycles. The maximum absolute atomic E-state index is 12.8. The second-order valence-corrected chi connectivity index (χ2v) is 8.37. The number of benzene rings is 1. The van der Waals surface area contributed by atoms with Gasteiger partial charge in [0.15, 0.2) is 0 Å². The third kappa shape index (κ3) is 4.43. The van der Waals surface area contributed by atoms with E-state index in [-0.39, 0.29) is 33.8 Å². The summed E-state index contributed by atoms with van der Waals surface area (Å²) in [7, 11) is -3.77. The number of hydrogen-bond acceptors (Lipinski definition) is 5. The number of alkyl halides is 2. The molecule has 1 aromatic carbocycles. The number of nitrogens with zero attached hydrogens (tertiary/aromatic N) is 3. The number of anilines is 1. The highest BCUT2D eigenvalue weighted by Gasteiger charge is 2.31. The van der Waals surface area contributed by atoms with Crippen LogP contribution in [0.25, 0.3) is 0 Å². The summed E-state index contributed by atoms with van der Waals surface area (Å²) < 4.78 is 55.6. The predicted molar refractivity (Wildman–Crippen MR) is 98.3 cm³/mol. The zero-order chi connectivity index (χ0) is 19.6. The second kappa shape index (κ2) is 8.14. The fraction of sp³-hybridized carbons (Fsp3) is 0.312. The van der Waals surface area contributed by atoms with Crippen LogP contribution in [0.5, 0.6) is 5.75 Å². The zero-order valence-corrected chi connectivity index (χ0v) is 16.2. The van der Waals surface area contributed by atoms with E-state index < -0.39 is 16.6 Å². The summed E-state index contributed by atoms with van der Waals surface area (Å²) in [4.78, 5) is 5.92. The van der Waals surface area contributed by atoms with Crippen LogP contribution in [0.1, 0.15) is 0 Å². The minimum atomic E-state index is -3.77. The van der Waals surface area contributed by atoms with Gasteiger partial charge >= 0.3 is 6.61 Å². The molecule has 0 N–H and O–H groups in total. The molecule has 1 fully saturated rings. The number of pyridine rings is 1. The largest absolute Gasteiger partial charge is 0.433 e. The van der Waals surface area contributed by atoms with Gasteiger partial charge in [0.05, 0.1) is 16.2 Å². The standard InChI is InChI=1S/C16H15Cl2F2N3O3S/c17-12-2-1-3-13(15(12)18)27(24,25)23-8-6-22(7-9-23)14-5-4-11(10-21-14)26-16(19)20/h1-5,10,16H,6-9H2. The van der Waals surface area contributed by atoms with Crippen LogP contribution < -0.4 is 9.64 Å². The first-order valence-corrected chi connectivity index (χ1v) is 10.1. The van der Waals surface area contributed by atoms with Crippen LogP contribution in [0.3, 0.4) is 0 Å². The lowest BCUT2D eigenvalue weighted by Crippen LogP contribution is -2.49. The summed E-state index contributed by atoms with van der Waals surface area (Å²) in [5, 5.41) is 0.171. The zero-order valence-electron chi connectivity index (χ0n) is 13.9. The molecule has 1 aliphatic rings. The van der Waals surface area contributed by atoms with Gasteiger partial charge in [-0.2, -0.15) is 13.1 Å². The Morgan fingerprint density at radius 1 is 1.07 bits per heavy atom. The Labute approximate surface area is 165 Å². The Bertz CT molecular complexity index is 906. The Kier molecular flexibility index (Phi) is 6.05. The fourth-order valence-electron chi connectivity index (χ4n) is 2.71. The first kappa shape index (κ1) is 20.1. The fourth-order valence-corrected chi connectivity index (χ4v) is 4.87. The van der Waals surface area contributed by atoms with Crippen LogP contribution >= 0.6 is 23.2 Å². The molecular formula is C16H15Cl2F2N3O3S. The van der Waals surface area contributed by atoms with Gasteiger partial charge in [-0.15, -0.1) is 0 Å². The van der Waals surface area contributed by atoms with Crippen molar-refractivity contribution in [2.24, 2.45) is 0 Å². The molecule has 11 heteroatoms. The van der Waals surface area contributed by atoms with E-state index in [0.29, 0.717) is 18.9 Å². The summed E-state index contributed by atoms with van der Waals surface area (Å²) in [5.41, 5.74) is 0. The van der Waals surface area contributed by atoms with Crippen LogP contribution in [-0.2, 0) is 10.0 Å². The van der Waals surface area contributed by atoms with Gasteiger partial charge in [-0.05, 0) is 24.3 Å². The topological polar surface area (TPSA) is 62.7 Å². The second-order valence-electron chi connectivity index (χ2n) is 5.67. The van der Waals surface area contributed by atoms with Crippen molar-refractivity contribution in [2.45, 2.75) is 11.5 Å². The van der Waals surface area contributed by atoms with Crippen molar-refractivity contribution >= 4 is 39.0 Å². The van der Waals surface area contributed by atoms with Crippen molar-refractivity contribution in [1.29, 1.82) is 0 Å². The Balaban J connectivity index is 1.69. The maximum Gasteiger partial charge on any atom is 0.387 e. The number of aromatic nitrogens is 1. The lowest BCUT2D eigenvalue weighted by atomic mass is 10.3. The minimum absolute atomic E-state index is 0.00196. The van der Waals surface area contributed by atoms with Gasteiger partial charge in [0.1, 0.15) is 16.5 Å². The van der Waals surface area contributed by atoms with Gasteiger partial charge in [-0.25, -0.2) is 13.4 Å². The molecule has 27 heavy (non-hydrogen) atoms. The molecule has 0 radical (unpaired) electrons. The van der Waals surface area contributed by atoms with E-state index in [0.717, 1.165) is 0 Å². The summed E-state index contributed by atoms with van der Waals surface area (Å²) in [6, 6.07) is 7.41. The molecule has 0 amide bonds. The van der Waals surface area contributed by atoms with Crippen LogP contribution in [0.4, 0.5) is 14.6 Å². The summed E-state index contributed by atoms with van der Waals surface area (Å²) in [6.07, 6.45) is 1.20. The summed E-state index contributed by atoms with van der Waals surface area (Å²) in [5.74, 6) is 0.514. The number of rotatable bonds is 5. The summed E-state index contributed by atoms with van der Waals surface area (Å²) >= 11 is 12.0. The van der Waals surface area contributed by atoms with Gasteiger partial charge in [0, 0.05) is 26.2 Å². The molecule has 146 valence electrons. The normalized spacial score (nSPS) is 16.0. The average molecular weight is 438 g/mol. The molecule has 0 aliphatic carbocycles. The lowest BCUT2D eigenvalue weighted by Gasteiger charge is -2.34. The molecule has 1 aliphatic heterocycles. The number of ether oxygens (including phenoxy) is 1. The third-order valence-corrected chi connectivity index (χ3v) is 6.91. The van der Waals surface area contributed by atoms with Crippen molar-refractivity contribution in [2.75, 3.05) is 31.1 Å². The SMILES string of the molecule is O=S(=O)(c1cccc(Cl)c1Cl)N1CCN(c2ccc(OC(F)F)cn2)CC1. The minimum Gasteiger partial charge on any atom is -0.433 e. The first-order chi connectivity index (χ1) is 12.8. The maximum atomic E-state index is 12.8. The molecule has 0 spiro atoms. The third-order valence-electron chi connectivity index (χ3n) is 4.04. The van der Waals surface area contributed by atoms with E-state index in [4.69, 9.17) is 23.2 Å². The van der Waals surface area contributed by atoms with E-state index in [9.17, 15) is 17.2 Å². The molecule has 1 aromatic heterocycles.